The molecular weight excluding hydrogens is 463 g/mol. The molecule has 0 N–H and O–H groups in total. The lowest BCUT2D eigenvalue weighted by molar-refractivity contribution is 0.0336. The Labute approximate surface area is 206 Å². The first-order valence-corrected chi connectivity index (χ1v) is 12.5. The number of hydrogen-bond acceptors (Lipinski definition) is 2. The molecule has 0 bridgehead atoms. The van der Waals surface area contributed by atoms with Crippen LogP contribution in [-0.2, 0) is 24.3 Å². The van der Waals surface area contributed by atoms with E-state index in [1.165, 1.54) is 37.7 Å². The van der Waals surface area contributed by atoms with Crippen LogP contribution >= 0.6 is 34.8 Å². The zero-order valence-electron chi connectivity index (χ0n) is 18.4. The first-order chi connectivity index (χ1) is 15.6. The maximum absolute atomic E-state index is 6.33. The number of rotatable bonds is 14. The summed E-state index contributed by atoms with van der Waals surface area (Å²) in [7, 11) is 0. The molecule has 6 heteroatoms. The summed E-state index contributed by atoms with van der Waals surface area (Å²) in [6, 6.07) is 13.6. The molecule has 3 nitrogen and oxygen atoms in total. The van der Waals surface area contributed by atoms with E-state index >= 15 is 0 Å². The number of halogens is 3. The summed E-state index contributed by atoms with van der Waals surface area (Å²) in [5, 5.41) is 2.05. The van der Waals surface area contributed by atoms with Gasteiger partial charge in [0.25, 0.3) is 0 Å². The van der Waals surface area contributed by atoms with Gasteiger partial charge >= 0.3 is 0 Å². The maximum Gasteiger partial charge on any atom is 0.0945 e. The van der Waals surface area contributed by atoms with E-state index in [1.54, 1.807) is 6.07 Å². The molecule has 1 atom stereocenters. The van der Waals surface area contributed by atoms with Gasteiger partial charge in [0.2, 0.25) is 0 Å². The Morgan fingerprint density at radius 2 is 1.56 bits per heavy atom. The van der Waals surface area contributed by atoms with Crippen molar-refractivity contribution in [3.05, 3.63) is 87.4 Å². The highest BCUT2D eigenvalue weighted by Gasteiger charge is 2.12. The topological polar surface area (TPSA) is 27.1 Å². The van der Waals surface area contributed by atoms with Crippen molar-refractivity contribution in [1.29, 1.82) is 0 Å². The van der Waals surface area contributed by atoms with Crippen LogP contribution in [0.2, 0.25) is 15.1 Å². The lowest BCUT2D eigenvalue weighted by Gasteiger charge is -2.19. The van der Waals surface area contributed by atoms with Crippen molar-refractivity contribution in [3.63, 3.8) is 0 Å². The van der Waals surface area contributed by atoms with Crippen LogP contribution in [0.15, 0.2) is 61.2 Å². The molecule has 3 rings (SSSR count). The van der Waals surface area contributed by atoms with Gasteiger partial charge in [-0.1, -0.05) is 85.1 Å². The highest BCUT2D eigenvalue weighted by molar-refractivity contribution is 6.35. The average molecular weight is 494 g/mol. The van der Waals surface area contributed by atoms with Crippen LogP contribution in [0.5, 0.6) is 0 Å². The monoisotopic (exact) mass is 492 g/mol. The number of nitrogens with zero attached hydrogens (tertiary/aromatic N) is 2. The number of benzene rings is 2. The normalized spacial score (nSPS) is 12.2. The Kier molecular flexibility index (Phi) is 10.9. The molecule has 0 amide bonds. The Morgan fingerprint density at radius 3 is 2.28 bits per heavy atom. The number of imidazole rings is 1. The SMILES string of the molecule is Clc1ccc(CC(CCCCCCCCn2ccnc2)OCc2ccc(Cl)cc2Cl)cc1. The summed E-state index contributed by atoms with van der Waals surface area (Å²) in [5.74, 6) is 0. The van der Waals surface area contributed by atoms with Gasteiger partial charge in [-0.05, 0) is 54.7 Å². The van der Waals surface area contributed by atoms with Gasteiger partial charge in [-0.2, -0.15) is 0 Å². The first kappa shape index (κ1) is 25.1. The molecule has 0 aliphatic carbocycles. The summed E-state index contributed by atoms with van der Waals surface area (Å²) in [5.41, 5.74) is 2.20. The number of aryl methyl sites for hydroxylation is 1. The first-order valence-electron chi connectivity index (χ1n) is 11.4. The molecule has 0 fully saturated rings. The second kappa shape index (κ2) is 13.9. The third kappa shape index (κ3) is 9.15. The average Bonchev–Trinajstić information content (AvgIpc) is 3.29. The summed E-state index contributed by atoms with van der Waals surface area (Å²) < 4.78 is 8.44. The van der Waals surface area contributed by atoms with Crippen molar-refractivity contribution in [3.8, 4) is 0 Å². The molecule has 2 aromatic carbocycles. The number of ether oxygens (including phenoxy) is 1. The lowest BCUT2D eigenvalue weighted by Crippen LogP contribution is -2.16. The smallest absolute Gasteiger partial charge is 0.0945 e. The second-order valence-electron chi connectivity index (χ2n) is 8.21. The van der Waals surface area contributed by atoms with E-state index in [4.69, 9.17) is 39.5 Å². The summed E-state index contributed by atoms with van der Waals surface area (Å²) in [6.07, 6.45) is 15.2. The van der Waals surface area contributed by atoms with Gasteiger partial charge in [-0.3, -0.25) is 0 Å². The van der Waals surface area contributed by atoms with Crippen molar-refractivity contribution in [1.82, 2.24) is 9.55 Å². The van der Waals surface area contributed by atoms with Crippen molar-refractivity contribution >= 4 is 34.8 Å². The molecule has 0 spiro atoms. The van der Waals surface area contributed by atoms with Crippen LogP contribution in [0.1, 0.15) is 56.1 Å². The van der Waals surface area contributed by atoms with E-state index in [-0.39, 0.29) is 6.10 Å². The maximum atomic E-state index is 6.33. The van der Waals surface area contributed by atoms with Gasteiger partial charge < -0.3 is 9.30 Å². The van der Waals surface area contributed by atoms with Crippen molar-refractivity contribution in [2.45, 2.75) is 70.6 Å². The fourth-order valence-corrected chi connectivity index (χ4v) is 4.36. The van der Waals surface area contributed by atoms with Gasteiger partial charge in [0.1, 0.15) is 0 Å². The van der Waals surface area contributed by atoms with Crippen LogP contribution in [0.25, 0.3) is 0 Å². The zero-order valence-corrected chi connectivity index (χ0v) is 20.6. The summed E-state index contributed by atoms with van der Waals surface area (Å²) in [6.45, 7) is 1.55. The van der Waals surface area contributed by atoms with Gasteiger partial charge in [-0.25, -0.2) is 4.98 Å². The Morgan fingerprint density at radius 1 is 0.844 bits per heavy atom. The van der Waals surface area contributed by atoms with E-state index in [9.17, 15) is 0 Å². The van der Waals surface area contributed by atoms with E-state index < -0.39 is 0 Å². The minimum Gasteiger partial charge on any atom is -0.373 e. The number of aromatic nitrogens is 2. The van der Waals surface area contributed by atoms with E-state index in [1.807, 2.05) is 43.0 Å². The van der Waals surface area contributed by atoms with Gasteiger partial charge in [0, 0.05) is 34.0 Å². The van der Waals surface area contributed by atoms with Gasteiger partial charge in [-0.15, -0.1) is 0 Å². The molecule has 1 aromatic heterocycles. The number of hydrogen-bond donors (Lipinski definition) is 0. The Bertz CT molecular complexity index is 913. The third-order valence-electron chi connectivity index (χ3n) is 5.62. The molecule has 0 aliphatic rings. The van der Waals surface area contributed by atoms with Crippen LogP contribution in [-0.4, -0.2) is 15.7 Å². The second-order valence-corrected chi connectivity index (χ2v) is 9.49. The van der Waals surface area contributed by atoms with Crippen LogP contribution in [0.3, 0.4) is 0 Å². The molecule has 0 saturated heterocycles. The summed E-state index contributed by atoms with van der Waals surface area (Å²) >= 11 is 18.4. The summed E-state index contributed by atoms with van der Waals surface area (Å²) in [4.78, 5) is 4.09. The van der Waals surface area contributed by atoms with Crippen LogP contribution in [0, 0.1) is 0 Å². The minimum absolute atomic E-state index is 0.143. The molecule has 32 heavy (non-hydrogen) atoms. The molecule has 0 saturated carbocycles. The van der Waals surface area contributed by atoms with Crippen molar-refractivity contribution in [2.24, 2.45) is 0 Å². The predicted molar refractivity (Wildman–Crippen MR) is 135 cm³/mol. The predicted octanol–water partition coefficient (Wildman–Crippen LogP) is 8.40. The van der Waals surface area contributed by atoms with Crippen LogP contribution in [0.4, 0.5) is 0 Å². The number of unbranched alkanes of at least 4 members (excludes halogenated alkanes) is 5. The van der Waals surface area contributed by atoms with Crippen LogP contribution < -0.4 is 0 Å². The largest absolute Gasteiger partial charge is 0.373 e. The Balaban J connectivity index is 1.41. The minimum atomic E-state index is 0.143. The third-order valence-corrected chi connectivity index (χ3v) is 6.46. The standard InChI is InChI=1S/C26H31Cl3N2O/c27-23-11-8-21(9-12-23)17-25(32-19-22-10-13-24(28)18-26(22)29)7-5-3-1-2-4-6-15-31-16-14-30-20-31/h8-14,16,18,20,25H,1-7,15,17,19H2. The molecular formula is C26H31Cl3N2O. The van der Waals surface area contributed by atoms with E-state index in [0.717, 1.165) is 36.4 Å². The molecule has 3 aromatic rings. The van der Waals surface area contributed by atoms with Crippen molar-refractivity contribution in [2.75, 3.05) is 0 Å². The fourth-order valence-electron chi connectivity index (χ4n) is 3.77. The quantitative estimate of drug-likeness (QED) is 0.211. The molecule has 0 aliphatic heterocycles. The van der Waals surface area contributed by atoms with E-state index in [0.29, 0.717) is 16.7 Å². The molecule has 172 valence electrons. The van der Waals surface area contributed by atoms with Gasteiger partial charge in [0.05, 0.1) is 19.0 Å². The highest BCUT2D eigenvalue weighted by Crippen LogP contribution is 2.24. The van der Waals surface area contributed by atoms with Gasteiger partial charge in [0.15, 0.2) is 0 Å². The molecule has 1 unspecified atom stereocenters. The lowest BCUT2D eigenvalue weighted by atomic mass is 10.0. The zero-order chi connectivity index (χ0) is 22.6. The van der Waals surface area contributed by atoms with E-state index in [2.05, 4.69) is 21.7 Å². The molecule has 1 heterocycles. The molecule has 0 radical (unpaired) electrons. The fraction of sp³-hybridized carbons (Fsp3) is 0.423. The highest BCUT2D eigenvalue weighted by atomic mass is 35.5. The Hall–Kier alpha value is -1.52. The van der Waals surface area contributed by atoms with Crippen molar-refractivity contribution < 1.29 is 4.74 Å².